The van der Waals surface area contributed by atoms with Crippen LogP contribution in [0.1, 0.15) is 43.3 Å². The second kappa shape index (κ2) is 4.76. The molecule has 0 bridgehead atoms. The third kappa shape index (κ3) is 3.13. The summed E-state index contributed by atoms with van der Waals surface area (Å²) in [6.45, 7) is 6.93. The summed E-state index contributed by atoms with van der Waals surface area (Å²) in [5.41, 5.74) is 6.07. The summed E-state index contributed by atoms with van der Waals surface area (Å²) >= 11 is 1.31. The van der Waals surface area contributed by atoms with Crippen molar-refractivity contribution in [3.05, 3.63) is 4.88 Å². The number of thiazole rings is 1. The highest BCUT2D eigenvalue weighted by molar-refractivity contribution is 7.18. The number of hydrogen-bond acceptors (Lipinski definition) is 5. The van der Waals surface area contributed by atoms with E-state index in [0.717, 1.165) is 6.54 Å². The maximum Gasteiger partial charge on any atom is 0.265 e. The average Bonchev–Trinajstić information content (AvgIpc) is 2.89. The van der Waals surface area contributed by atoms with Gasteiger partial charge in [0.05, 0.1) is 0 Å². The minimum Gasteiger partial charge on any atom is -0.382 e. The van der Waals surface area contributed by atoms with Crippen molar-refractivity contribution in [1.82, 2.24) is 10.3 Å². The van der Waals surface area contributed by atoms with E-state index in [9.17, 15) is 4.79 Å². The van der Waals surface area contributed by atoms with Crippen LogP contribution in [0.2, 0.25) is 0 Å². The summed E-state index contributed by atoms with van der Waals surface area (Å²) in [6, 6.07) is 0.275. The number of aromatic nitrogens is 1. The Labute approximate surface area is 111 Å². The van der Waals surface area contributed by atoms with Crippen LogP contribution >= 0.6 is 11.3 Å². The maximum atomic E-state index is 12.0. The van der Waals surface area contributed by atoms with E-state index < -0.39 is 0 Å². The molecule has 1 saturated carbocycles. The predicted octanol–water partition coefficient (Wildman–Crippen LogP) is 2.08. The van der Waals surface area contributed by atoms with Gasteiger partial charge in [0, 0.05) is 12.6 Å². The summed E-state index contributed by atoms with van der Waals surface area (Å²) in [4.78, 5) is 16.6. The molecule has 1 aromatic heterocycles. The quantitative estimate of drug-likeness (QED) is 0.763. The van der Waals surface area contributed by atoms with Crippen molar-refractivity contribution in [2.24, 2.45) is 5.41 Å². The van der Waals surface area contributed by atoms with Gasteiger partial charge in [0.2, 0.25) is 0 Å². The Bertz CT molecular complexity index is 451. The number of rotatable bonds is 5. The number of anilines is 2. The SMILES string of the molecule is CC(C)Nc1nc(N)c(C(=O)NCC2(C)CC2)s1. The molecule has 0 aromatic carbocycles. The number of nitrogens with one attached hydrogen (secondary N) is 2. The number of nitrogen functional groups attached to an aromatic ring is 1. The number of carbonyl (C=O) groups excluding carboxylic acids is 1. The molecule has 0 radical (unpaired) electrons. The van der Waals surface area contributed by atoms with Gasteiger partial charge in [-0.1, -0.05) is 18.3 Å². The Kier molecular flexibility index (Phi) is 3.47. The van der Waals surface area contributed by atoms with Gasteiger partial charge in [-0.05, 0) is 32.1 Å². The molecule has 0 saturated heterocycles. The lowest BCUT2D eigenvalue weighted by molar-refractivity contribution is 0.0951. The van der Waals surface area contributed by atoms with Gasteiger partial charge in [-0.25, -0.2) is 4.98 Å². The molecule has 4 N–H and O–H groups in total. The Hall–Kier alpha value is -1.30. The first kappa shape index (κ1) is 13.1. The maximum absolute atomic E-state index is 12.0. The van der Waals surface area contributed by atoms with Gasteiger partial charge >= 0.3 is 0 Å². The van der Waals surface area contributed by atoms with Crippen LogP contribution < -0.4 is 16.4 Å². The summed E-state index contributed by atoms with van der Waals surface area (Å²) in [5, 5.41) is 6.78. The van der Waals surface area contributed by atoms with Crippen LogP contribution in [-0.2, 0) is 0 Å². The monoisotopic (exact) mass is 268 g/mol. The van der Waals surface area contributed by atoms with E-state index in [4.69, 9.17) is 5.73 Å². The zero-order valence-corrected chi connectivity index (χ0v) is 11.9. The number of nitrogens with zero attached hydrogens (tertiary/aromatic N) is 1. The summed E-state index contributed by atoms with van der Waals surface area (Å²) in [7, 11) is 0. The third-order valence-corrected chi connectivity index (χ3v) is 4.05. The molecule has 0 spiro atoms. The fourth-order valence-corrected chi connectivity index (χ4v) is 2.51. The highest BCUT2D eigenvalue weighted by Crippen LogP contribution is 2.44. The first-order chi connectivity index (χ1) is 8.39. The highest BCUT2D eigenvalue weighted by atomic mass is 32.1. The van der Waals surface area contributed by atoms with E-state index in [1.54, 1.807) is 0 Å². The molecule has 0 aliphatic heterocycles. The molecule has 0 atom stereocenters. The van der Waals surface area contributed by atoms with Crippen molar-refractivity contribution < 1.29 is 4.79 Å². The van der Waals surface area contributed by atoms with Crippen molar-refractivity contribution >= 4 is 28.2 Å². The van der Waals surface area contributed by atoms with Crippen LogP contribution in [-0.4, -0.2) is 23.5 Å². The summed E-state index contributed by atoms with van der Waals surface area (Å²) in [6.07, 6.45) is 2.37. The van der Waals surface area contributed by atoms with E-state index in [1.807, 2.05) is 13.8 Å². The topological polar surface area (TPSA) is 80.0 Å². The molecule has 6 heteroatoms. The standard InChI is InChI=1S/C12H20N4OS/c1-7(2)15-11-16-9(13)8(18-11)10(17)14-6-12(3)4-5-12/h7H,4-6,13H2,1-3H3,(H,14,17)(H,15,16). The first-order valence-corrected chi connectivity index (χ1v) is 7.02. The molecule has 1 amide bonds. The second-order valence-electron chi connectivity index (χ2n) is 5.53. The van der Waals surface area contributed by atoms with Gasteiger partial charge in [0.15, 0.2) is 5.13 Å². The third-order valence-electron chi connectivity index (χ3n) is 3.05. The normalized spacial score (nSPS) is 16.7. The van der Waals surface area contributed by atoms with Crippen molar-refractivity contribution in [2.45, 2.75) is 39.7 Å². The molecule has 0 unspecified atom stereocenters. The zero-order valence-electron chi connectivity index (χ0n) is 11.0. The summed E-state index contributed by atoms with van der Waals surface area (Å²) in [5.74, 6) is 0.191. The first-order valence-electron chi connectivity index (χ1n) is 6.21. The van der Waals surface area contributed by atoms with Gasteiger partial charge in [0.25, 0.3) is 5.91 Å². The van der Waals surface area contributed by atoms with Gasteiger partial charge in [0.1, 0.15) is 10.7 Å². The lowest BCUT2D eigenvalue weighted by atomic mass is 10.1. The van der Waals surface area contributed by atoms with Crippen molar-refractivity contribution in [3.8, 4) is 0 Å². The molecular weight excluding hydrogens is 248 g/mol. The number of nitrogens with two attached hydrogens (primary N) is 1. The second-order valence-corrected chi connectivity index (χ2v) is 6.52. The summed E-state index contributed by atoms with van der Waals surface area (Å²) < 4.78 is 0. The van der Waals surface area contributed by atoms with E-state index in [-0.39, 0.29) is 11.9 Å². The number of amides is 1. The Balaban J connectivity index is 1.98. The van der Waals surface area contributed by atoms with E-state index in [1.165, 1.54) is 24.2 Å². The highest BCUT2D eigenvalue weighted by Gasteiger charge is 2.37. The molecule has 100 valence electrons. The Morgan fingerprint density at radius 1 is 1.56 bits per heavy atom. The minimum absolute atomic E-state index is 0.116. The fourth-order valence-electron chi connectivity index (χ4n) is 1.57. The lowest BCUT2D eigenvalue weighted by Crippen LogP contribution is -2.28. The Morgan fingerprint density at radius 3 is 2.78 bits per heavy atom. The van der Waals surface area contributed by atoms with Crippen LogP contribution in [0.5, 0.6) is 0 Å². The smallest absolute Gasteiger partial charge is 0.265 e. The largest absolute Gasteiger partial charge is 0.382 e. The molecule has 18 heavy (non-hydrogen) atoms. The van der Waals surface area contributed by atoms with Crippen molar-refractivity contribution in [1.29, 1.82) is 0 Å². The van der Waals surface area contributed by atoms with E-state index in [0.29, 0.717) is 21.2 Å². The van der Waals surface area contributed by atoms with Crippen molar-refractivity contribution in [3.63, 3.8) is 0 Å². The van der Waals surface area contributed by atoms with Gasteiger partial charge in [-0.15, -0.1) is 0 Å². The Morgan fingerprint density at radius 2 is 2.22 bits per heavy atom. The number of hydrogen-bond donors (Lipinski definition) is 3. The molecule has 2 rings (SSSR count). The molecule has 1 aromatic rings. The average molecular weight is 268 g/mol. The molecule has 1 heterocycles. The van der Waals surface area contributed by atoms with Crippen LogP contribution in [0, 0.1) is 5.41 Å². The van der Waals surface area contributed by atoms with Crippen LogP contribution in [0.25, 0.3) is 0 Å². The van der Waals surface area contributed by atoms with Gasteiger partial charge in [-0.3, -0.25) is 4.79 Å². The van der Waals surface area contributed by atoms with Crippen LogP contribution in [0.3, 0.4) is 0 Å². The lowest BCUT2D eigenvalue weighted by Gasteiger charge is -2.08. The minimum atomic E-state index is -0.116. The van der Waals surface area contributed by atoms with E-state index >= 15 is 0 Å². The molecule has 1 aliphatic carbocycles. The van der Waals surface area contributed by atoms with Crippen LogP contribution in [0.15, 0.2) is 0 Å². The molecular formula is C12H20N4OS. The zero-order chi connectivity index (χ0) is 13.3. The van der Waals surface area contributed by atoms with Gasteiger partial charge < -0.3 is 16.4 Å². The van der Waals surface area contributed by atoms with Crippen LogP contribution in [0.4, 0.5) is 10.9 Å². The molecule has 1 fully saturated rings. The fraction of sp³-hybridized carbons (Fsp3) is 0.667. The van der Waals surface area contributed by atoms with Gasteiger partial charge in [-0.2, -0.15) is 0 Å². The van der Waals surface area contributed by atoms with E-state index in [2.05, 4.69) is 22.5 Å². The van der Waals surface area contributed by atoms with Crippen molar-refractivity contribution in [2.75, 3.05) is 17.6 Å². The predicted molar refractivity (Wildman–Crippen MR) is 75.0 cm³/mol. The molecule has 1 aliphatic rings. The number of carbonyl (C=O) groups is 1. The molecule has 5 nitrogen and oxygen atoms in total.